The molecule has 1 fully saturated rings. The maximum Gasteiger partial charge on any atom is 0.0153 e. The van der Waals surface area contributed by atoms with Crippen molar-refractivity contribution in [3.63, 3.8) is 0 Å². The standard InChI is InChI=1S/C13H25N/c1-5-7-12(8-6-2)13(4)9-10-14-11(13)3/h12,14H,3,5-10H2,1-2,4H3. The summed E-state index contributed by atoms with van der Waals surface area (Å²) < 4.78 is 0. The van der Waals surface area contributed by atoms with E-state index < -0.39 is 0 Å². The Morgan fingerprint density at radius 3 is 2.29 bits per heavy atom. The fourth-order valence-corrected chi connectivity index (χ4v) is 2.75. The Balaban J connectivity index is 2.69. The SMILES string of the molecule is C=C1NCCC1(C)C(CCC)CCC. The first-order chi connectivity index (χ1) is 6.65. The van der Waals surface area contributed by atoms with E-state index in [4.69, 9.17) is 0 Å². The van der Waals surface area contributed by atoms with E-state index in [9.17, 15) is 0 Å². The van der Waals surface area contributed by atoms with Crippen molar-refractivity contribution >= 4 is 0 Å². The van der Waals surface area contributed by atoms with Crippen molar-refractivity contribution in [1.29, 1.82) is 0 Å². The van der Waals surface area contributed by atoms with Gasteiger partial charge in [-0.1, -0.05) is 40.2 Å². The van der Waals surface area contributed by atoms with Crippen molar-refractivity contribution in [3.05, 3.63) is 12.3 Å². The lowest BCUT2D eigenvalue weighted by molar-refractivity contribution is 0.214. The Hall–Kier alpha value is -0.460. The second-order valence-corrected chi connectivity index (χ2v) is 4.85. The zero-order chi connectivity index (χ0) is 10.6. The third-order valence-electron chi connectivity index (χ3n) is 3.85. The number of hydrogen-bond donors (Lipinski definition) is 1. The van der Waals surface area contributed by atoms with Gasteiger partial charge in [0.1, 0.15) is 0 Å². The average Bonchev–Trinajstić information content (AvgIpc) is 2.48. The molecule has 0 saturated carbocycles. The fraction of sp³-hybridized carbons (Fsp3) is 0.846. The largest absolute Gasteiger partial charge is 0.388 e. The van der Waals surface area contributed by atoms with Crippen molar-refractivity contribution in [3.8, 4) is 0 Å². The normalized spacial score (nSPS) is 27.0. The first kappa shape index (κ1) is 11.6. The lowest BCUT2D eigenvalue weighted by Crippen LogP contribution is -2.27. The summed E-state index contributed by atoms with van der Waals surface area (Å²) in [4.78, 5) is 0. The second kappa shape index (κ2) is 4.86. The van der Waals surface area contributed by atoms with Gasteiger partial charge in [-0.3, -0.25) is 0 Å². The van der Waals surface area contributed by atoms with Crippen LogP contribution in [0.25, 0.3) is 0 Å². The van der Waals surface area contributed by atoms with Crippen molar-refractivity contribution in [1.82, 2.24) is 5.32 Å². The van der Waals surface area contributed by atoms with Crippen LogP contribution in [-0.2, 0) is 0 Å². The van der Waals surface area contributed by atoms with E-state index in [0.717, 1.165) is 12.5 Å². The molecule has 0 radical (unpaired) electrons. The van der Waals surface area contributed by atoms with Crippen LogP contribution in [0.4, 0.5) is 0 Å². The summed E-state index contributed by atoms with van der Waals surface area (Å²) in [7, 11) is 0. The highest BCUT2D eigenvalue weighted by Gasteiger charge is 2.38. The molecule has 0 aromatic heterocycles. The van der Waals surface area contributed by atoms with Gasteiger partial charge in [-0.2, -0.15) is 0 Å². The predicted octanol–water partition coefficient (Wildman–Crippen LogP) is 3.72. The number of hydrogen-bond acceptors (Lipinski definition) is 1. The molecule has 1 atom stereocenters. The van der Waals surface area contributed by atoms with Crippen LogP contribution in [0, 0.1) is 11.3 Å². The third-order valence-corrected chi connectivity index (χ3v) is 3.85. The van der Waals surface area contributed by atoms with Crippen LogP contribution in [0.5, 0.6) is 0 Å². The summed E-state index contributed by atoms with van der Waals surface area (Å²) >= 11 is 0. The van der Waals surface area contributed by atoms with Crippen LogP contribution in [0.3, 0.4) is 0 Å². The van der Waals surface area contributed by atoms with Gasteiger partial charge >= 0.3 is 0 Å². The van der Waals surface area contributed by atoms with Gasteiger partial charge in [0, 0.05) is 17.7 Å². The zero-order valence-corrected chi connectivity index (χ0v) is 10.0. The van der Waals surface area contributed by atoms with E-state index in [-0.39, 0.29) is 0 Å². The number of rotatable bonds is 5. The quantitative estimate of drug-likeness (QED) is 0.705. The van der Waals surface area contributed by atoms with Gasteiger partial charge in [0.25, 0.3) is 0 Å². The van der Waals surface area contributed by atoms with Crippen LogP contribution in [-0.4, -0.2) is 6.54 Å². The molecule has 1 rings (SSSR count). The Labute approximate surface area is 89.0 Å². The summed E-state index contributed by atoms with van der Waals surface area (Å²) in [6.45, 7) is 12.3. The minimum absolute atomic E-state index is 0.367. The molecule has 1 N–H and O–H groups in total. The molecular weight excluding hydrogens is 170 g/mol. The van der Waals surface area contributed by atoms with E-state index in [2.05, 4.69) is 32.7 Å². The topological polar surface area (TPSA) is 12.0 Å². The highest BCUT2D eigenvalue weighted by Crippen LogP contribution is 2.44. The molecule has 1 saturated heterocycles. The molecule has 0 aliphatic carbocycles. The molecule has 1 heteroatoms. The van der Waals surface area contributed by atoms with Crippen LogP contribution < -0.4 is 5.32 Å². The summed E-state index contributed by atoms with van der Waals surface area (Å²) in [5, 5.41) is 3.41. The van der Waals surface area contributed by atoms with Gasteiger partial charge in [0.15, 0.2) is 0 Å². The molecule has 0 aromatic rings. The first-order valence-electron chi connectivity index (χ1n) is 6.08. The zero-order valence-electron chi connectivity index (χ0n) is 10.0. The lowest BCUT2D eigenvalue weighted by atomic mass is 9.70. The van der Waals surface area contributed by atoms with Crippen molar-refractivity contribution < 1.29 is 0 Å². The minimum atomic E-state index is 0.367. The van der Waals surface area contributed by atoms with E-state index in [1.807, 2.05) is 0 Å². The summed E-state index contributed by atoms with van der Waals surface area (Å²) in [6.07, 6.45) is 6.58. The second-order valence-electron chi connectivity index (χ2n) is 4.85. The molecule has 0 bridgehead atoms. The molecule has 1 aliphatic rings. The summed E-state index contributed by atoms with van der Waals surface area (Å²) in [6, 6.07) is 0. The molecule has 0 amide bonds. The van der Waals surface area contributed by atoms with E-state index in [1.54, 1.807) is 0 Å². The molecular formula is C13H25N. The first-order valence-corrected chi connectivity index (χ1v) is 6.08. The maximum absolute atomic E-state index is 4.18. The smallest absolute Gasteiger partial charge is 0.0153 e. The van der Waals surface area contributed by atoms with Crippen LogP contribution in [0.1, 0.15) is 52.9 Å². The highest BCUT2D eigenvalue weighted by atomic mass is 14.9. The van der Waals surface area contributed by atoms with Gasteiger partial charge in [0.05, 0.1) is 0 Å². The Morgan fingerprint density at radius 2 is 1.93 bits per heavy atom. The fourth-order valence-electron chi connectivity index (χ4n) is 2.75. The van der Waals surface area contributed by atoms with Gasteiger partial charge in [0.2, 0.25) is 0 Å². The molecule has 14 heavy (non-hydrogen) atoms. The van der Waals surface area contributed by atoms with Crippen molar-refractivity contribution in [2.45, 2.75) is 52.9 Å². The third kappa shape index (κ3) is 2.13. The van der Waals surface area contributed by atoms with E-state index in [0.29, 0.717) is 5.41 Å². The molecule has 0 spiro atoms. The van der Waals surface area contributed by atoms with Crippen LogP contribution in [0.15, 0.2) is 12.3 Å². The Bertz CT molecular complexity index is 191. The summed E-state index contributed by atoms with van der Waals surface area (Å²) in [5.74, 6) is 0.833. The average molecular weight is 195 g/mol. The van der Waals surface area contributed by atoms with Gasteiger partial charge in [-0.25, -0.2) is 0 Å². The molecule has 1 heterocycles. The van der Waals surface area contributed by atoms with E-state index in [1.165, 1.54) is 37.8 Å². The maximum atomic E-state index is 4.18. The van der Waals surface area contributed by atoms with Gasteiger partial charge in [-0.15, -0.1) is 0 Å². The van der Waals surface area contributed by atoms with Crippen molar-refractivity contribution in [2.24, 2.45) is 11.3 Å². The highest BCUT2D eigenvalue weighted by molar-refractivity contribution is 5.14. The van der Waals surface area contributed by atoms with Crippen molar-refractivity contribution in [2.75, 3.05) is 6.54 Å². The Kier molecular flexibility index (Phi) is 4.03. The van der Waals surface area contributed by atoms with E-state index >= 15 is 0 Å². The molecule has 82 valence electrons. The van der Waals surface area contributed by atoms with Gasteiger partial charge in [-0.05, 0) is 25.2 Å². The molecule has 1 unspecified atom stereocenters. The summed E-state index contributed by atoms with van der Waals surface area (Å²) in [5.41, 5.74) is 1.65. The predicted molar refractivity (Wildman–Crippen MR) is 63.2 cm³/mol. The Morgan fingerprint density at radius 1 is 1.36 bits per heavy atom. The van der Waals surface area contributed by atoms with Crippen LogP contribution >= 0.6 is 0 Å². The molecule has 1 aliphatic heterocycles. The monoisotopic (exact) mass is 195 g/mol. The number of nitrogens with one attached hydrogen (secondary N) is 1. The molecule has 1 nitrogen and oxygen atoms in total. The van der Waals surface area contributed by atoms with Gasteiger partial charge < -0.3 is 5.32 Å². The lowest BCUT2D eigenvalue weighted by Gasteiger charge is -2.34. The number of allylic oxidation sites excluding steroid dienone is 1. The van der Waals surface area contributed by atoms with Crippen LogP contribution in [0.2, 0.25) is 0 Å². The minimum Gasteiger partial charge on any atom is -0.388 e. The molecule has 0 aromatic carbocycles.